The van der Waals surface area contributed by atoms with Gasteiger partial charge in [0.15, 0.2) is 0 Å². The van der Waals surface area contributed by atoms with Crippen LogP contribution >= 0.6 is 0 Å². The molecule has 1 aliphatic heterocycles. The van der Waals surface area contributed by atoms with E-state index in [2.05, 4.69) is 21.8 Å². The molecule has 0 saturated carbocycles. The SMILES string of the molecule is Cc1cncnc1N1CC(C)(N)C1. The molecule has 0 bridgehead atoms. The van der Waals surface area contributed by atoms with E-state index in [1.807, 2.05) is 13.1 Å². The Hall–Kier alpha value is -1.16. The summed E-state index contributed by atoms with van der Waals surface area (Å²) < 4.78 is 0. The summed E-state index contributed by atoms with van der Waals surface area (Å²) in [5.74, 6) is 1.01. The van der Waals surface area contributed by atoms with Crippen LogP contribution in [-0.2, 0) is 0 Å². The van der Waals surface area contributed by atoms with Crippen molar-refractivity contribution in [2.24, 2.45) is 5.73 Å². The molecule has 1 aliphatic rings. The van der Waals surface area contributed by atoms with Gasteiger partial charge in [0.05, 0.1) is 0 Å². The van der Waals surface area contributed by atoms with E-state index in [0.29, 0.717) is 0 Å². The van der Waals surface area contributed by atoms with Crippen molar-refractivity contribution in [3.8, 4) is 0 Å². The molecule has 1 saturated heterocycles. The van der Waals surface area contributed by atoms with Crippen molar-refractivity contribution in [3.63, 3.8) is 0 Å². The van der Waals surface area contributed by atoms with Crippen LogP contribution in [0.5, 0.6) is 0 Å². The lowest BCUT2D eigenvalue weighted by atomic mass is 9.93. The van der Waals surface area contributed by atoms with Crippen molar-refractivity contribution in [1.29, 1.82) is 0 Å². The Labute approximate surface area is 77.8 Å². The molecule has 0 radical (unpaired) electrons. The summed E-state index contributed by atoms with van der Waals surface area (Å²) >= 11 is 0. The monoisotopic (exact) mass is 178 g/mol. The minimum atomic E-state index is -0.0443. The molecular formula is C9H14N4. The van der Waals surface area contributed by atoms with Gasteiger partial charge in [-0.2, -0.15) is 0 Å². The number of hydrogen-bond donors (Lipinski definition) is 1. The van der Waals surface area contributed by atoms with Crippen LogP contribution < -0.4 is 10.6 Å². The van der Waals surface area contributed by atoms with Crippen LogP contribution in [0, 0.1) is 6.92 Å². The van der Waals surface area contributed by atoms with Crippen LogP contribution in [0.15, 0.2) is 12.5 Å². The van der Waals surface area contributed by atoms with Gasteiger partial charge in [-0.15, -0.1) is 0 Å². The third-order valence-electron chi connectivity index (χ3n) is 2.27. The first-order valence-electron chi connectivity index (χ1n) is 4.39. The Morgan fingerprint density at radius 3 is 2.77 bits per heavy atom. The molecule has 2 heterocycles. The number of aromatic nitrogens is 2. The van der Waals surface area contributed by atoms with Crippen molar-refractivity contribution in [2.45, 2.75) is 19.4 Å². The predicted octanol–water partition coefficient (Wildman–Crippen LogP) is 0.322. The van der Waals surface area contributed by atoms with Crippen LogP contribution in [0.1, 0.15) is 12.5 Å². The van der Waals surface area contributed by atoms with Gasteiger partial charge in [0, 0.05) is 30.4 Å². The van der Waals surface area contributed by atoms with E-state index in [4.69, 9.17) is 5.73 Å². The van der Waals surface area contributed by atoms with E-state index in [1.165, 1.54) is 0 Å². The highest BCUT2D eigenvalue weighted by Gasteiger charge is 2.36. The Kier molecular flexibility index (Phi) is 1.73. The summed E-state index contributed by atoms with van der Waals surface area (Å²) in [4.78, 5) is 10.4. The van der Waals surface area contributed by atoms with Gasteiger partial charge in [-0.3, -0.25) is 0 Å². The molecule has 1 aromatic heterocycles. The molecule has 0 unspecified atom stereocenters. The van der Waals surface area contributed by atoms with Crippen LogP contribution in [0.2, 0.25) is 0 Å². The molecular weight excluding hydrogens is 164 g/mol. The van der Waals surface area contributed by atoms with E-state index in [-0.39, 0.29) is 5.54 Å². The molecule has 13 heavy (non-hydrogen) atoms. The summed E-state index contributed by atoms with van der Waals surface area (Å²) in [6.07, 6.45) is 3.41. The average Bonchev–Trinajstić information content (AvgIpc) is 2.01. The van der Waals surface area contributed by atoms with Crippen molar-refractivity contribution < 1.29 is 0 Å². The van der Waals surface area contributed by atoms with E-state index < -0.39 is 0 Å². The van der Waals surface area contributed by atoms with Gasteiger partial charge in [-0.25, -0.2) is 9.97 Å². The van der Waals surface area contributed by atoms with Crippen LogP contribution in [0.25, 0.3) is 0 Å². The largest absolute Gasteiger partial charge is 0.352 e. The second-order valence-corrected chi connectivity index (χ2v) is 4.04. The first-order chi connectivity index (χ1) is 6.08. The summed E-state index contributed by atoms with van der Waals surface area (Å²) in [5, 5.41) is 0. The van der Waals surface area contributed by atoms with Crippen molar-refractivity contribution in [2.75, 3.05) is 18.0 Å². The Morgan fingerprint density at radius 1 is 1.54 bits per heavy atom. The number of anilines is 1. The van der Waals surface area contributed by atoms with Gasteiger partial charge in [0.2, 0.25) is 0 Å². The molecule has 1 aromatic rings. The fourth-order valence-electron chi connectivity index (χ4n) is 1.70. The van der Waals surface area contributed by atoms with Crippen molar-refractivity contribution in [1.82, 2.24) is 9.97 Å². The number of nitrogens with two attached hydrogens (primary N) is 1. The van der Waals surface area contributed by atoms with Gasteiger partial charge in [-0.1, -0.05) is 0 Å². The van der Waals surface area contributed by atoms with E-state index in [9.17, 15) is 0 Å². The van der Waals surface area contributed by atoms with Crippen molar-refractivity contribution >= 4 is 5.82 Å². The fraction of sp³-hybridized carbons (Fsp3) is 0.556. The molecule has 4 heteroatoms. The zero-order valence-corrected chi connectivity index (χ0v) is 7.99. The van der Waals surface area contributed by atoms with Crippen LogP contribution in [0.4, 0.5) is 5.82 Å². The Morgan fingerprint density at radius 2 is 2.23 bits per heavy atom. The molecule has 1 fully saturated rings. The predicted molar refractivity (Wildman–Crippen MR) is 51.6 cm³/mol. The standard InChI is InChI=1S/C9H14N4/c1-7-3-11-6-12-8(7)13-4-9(2,10)5-13/h3,6H,4-5,10H2,1-2H3. The second-order valence-electron chi connectivity index (χ2n) is 4.04. The lowest BCUT2D eigenvalue weighted by Crippen LogP contribution is -2.66. The molecule has 2 N–H and O–H groups in total. The maximum atomic E-state index is 5.91. The average molecular weight is 178 g/mol. The maximum Gasteiger partial charge on any atom is 0.134 e. The first kappa shape index (κ1) is 8.44. The van der Waals surface area contributed by atoms with Crippen LogP contribution in [0.3, 0.4) is 0 Å². The third kappa shape index (κ3) is 1.49. The van der Waals surface area contributed by atoms with Gasteiger partial charge < -0.3 is 10.6 Å². The Bertz CT molecular complexity index is 313. The lowest BCUT2D eigenvalue weighted by molar-refractivity contribution is 0.362. The van der Waals surface area contributed by atoms with Gasteiger partial charge in [-0.05, 0) is 13.8 Å². The molecule has 4 nitrogen and oxygen atoms in total. The number of nitrogens with zero attached hydrogens (tertiary/aromatic N) is 3. The molecule has 70 valence electrons. The maximum absolute atomic E-state index is 5.91. The van der Waals surface area contributed by atoms with Crippen LogP contribution in [-0.4, -0.2) is 28.6 Å². The van der Waals surface area contributed by atoms with E-state index in [1.54, 1.807) is 6.33 Å². The zero-order chi connectivity index (χ0) is 9.47. The fourth-order valence-corrected chi connectivity index (χ4v) is 1.70. The topological polar surface area (TPSA) is 55.0 Å². The number of hydrogen-bond acceptors (Lipinski definition) is 4. The summed E-state index contributed by atoms with van der Waals surface area (Å²) in [6.45, 7) is 5.83. The molecule has 0 aromatic carbocycles. The van der Waals surface area contributed by atoms with E-state index >= 15 is 0 Å². The van der Waals surface area contributed by atoms with Gasteiger partial charge >= 0.3 is 0 Å². The quantitative estimate of drug-likeness (QED) is 0.673. The lowest BCUT2D eigenvalue weighted by Gasteiger charge is -2.46. The number of aryl methyl sites for hydroxylation is 1. The minimum Gasteiger partial charge on any atom is -0.352 e. The number of rotatable bonds is 1. The van der Waals surface area contributed by atoms with Crippen molar-refractivity contribution in [3.05, 3.63) is 18.1 Å². The summed E-state index contributed by atoms with van der Waals surface area (Å²) in [7, 11) is 0. The molecule has 2 rings (SSSR count). The summed E-state index contributed by atoms with van der Waals surface area (Å²) in [5.41, 5.74) is 6.98. The highest BCUT2D eigenvalue weighted by Crippen LogP contribution is 2.25. The van der Waals surface area contributed by atoms with Gasteiger partial charge in [0.1, 0.15) is 12.1 Å². The first-order valence-corrected chi connectivity index (χ1v) is 4.39. The van der Waals surface area contributed by atoms with E-state index in [0.717, 1.165) is 24.5 Å². The summed E-state index contributed by atoms with van der Waals surface area (Å²) in [6, 6.07) is 0. The highest BCUT2D eigenvalue weighted by molar-refractivity contribution is 5.48. The van der Waals surface area contributed by atoms with Gasteiger partial charge in [0.25, 0.3) is 0 Å². The second kappa shape index (κ2) is 2.67. The highest BCUT2D eigenvalue weighted by atomic mass is 15.3. The smallest absolute Gasteiger partial charge is 0.134 e. The third-order valence-corrected chi connectivity index (χ3v) is 2.27. The molecule has 0 spiro atoms. The minimum absolute atomic E-state index is 0.0443. The molecule has 0 aliphatic carbocycles. The molecule has 0 amide bonds. The Balaban J connectivity index is 2.16. The molecule has 0 atom stereocenters. The zero-order valence-electron chi connectivity index (χ0n) is 7.99. The normalized spacial score (nSPS) is 19.8.